The summed E-state index contributed by atoms with van der Waals surface area (Å²) in [5.41, 5.74) is 1.24. The first-order valence-electron chi connectivity index (χ1n) is 7.90. The smallest absolute Gasteiger partial charge is 0.261 e. The van der Waals surface area contributed by atoms with Crippen LogP contribution in [-0.2, 0) is 22.5 Å². The van der Waals surface area contributed by atoms with E-state index in [2.05, 4.69) is 10.6 Å². The first-order valence-corrected chi connectivity index (χ1v) is 8.71. The van der Waals surface area contributed by atoms with Crippen molar-refractivity contribution in [2.75, 3.05) is 40.0 Å². The Labute approximate surface area is 147 Å². The molecule has 1 fully saturated rings. The summed E-state index contributed by atoms with van der Waals surface area (Å²) < 4.78 is 10.8. The molecule has 5 nitrogen and oxygen atoms in total. The third-order valence-corrected chi connectivity index (χ3v) is 5.83. The lowest BCUT2D eigenvalue weighted by atomic mass is 9.79. The molecule has 0 radical (unpaired) electrons. The van der Waals surface area contributed by atoms with Crippen molar-refractivity contribution >= 4 is 29.7 Å². The van der Waals surface area contributed by atoms with Crippen LogP contribution in [0.15, 0.2) is 6.07 Å². The van der Waals surface area contributed by atoms with Crippen molar-refractivity contribution < 1.29 is 14.3 Å². The highest BCUT2D eigenvalue weighted by Crippen LogP contribution is 2.30. The molecule has 0 spiro atoms. The van der Waals surface area contributed by atoms with E-state index in [0.29, 0.717) is 19.8 Å². The van der Waals surface area contributed by atoms with Gasteiger partial charge in [-0.1, -0.05) is 0 Å². The van der Waals surface area contributed by atoms with Gasteiger partial charge >= 0.3 is 0 Å². The second kappa shape index (κ2) is 8.44. The molecule has 1 amide bonds. The number of hydrogen-bond acceptors (Lipinski definition) is 5. The Bertz CT molecular complexity index is 500. The summed E-state index contributed by atoms with van der Waals surface area (Å²) >= 11 is 1.61. The summed E-state index contributed by atoms with van der Waals surface area (Å²) in [4.78, 5) is 14.6. The highest BCUT2D eigenvalue weighted by molar-refractivity contribution is 7.14. The fraction of sp³-hybridized carbons (Fsp3) is 0.688. The van der Waals surface area contributed by atoms with Crippen molar-refractivity contribution in [3.05, 3.63) is 21.4 Å². The lowest BCUT2D eigenvalue weighted by Crippen LogP contribution is -2.47. The standard InChI is InChI=1S/C16H24N2O3S.ClH/c1-20-11-16(3-5-17-6-4-16)10-18-15(19)14-8-12-9-21-7-2-13(12)22-14;/h8,17H,2-7,9-11H2,1H3,(H,18,19);1H. The van der Waals surface area contributed by atoms with E-state index in [1.807, 2.05) is 6.07 Å². The van der Waals surface area contributed by atoms with Crippen LogP contribution in [0.2, 0.25) is 0 Å². The van der Waals surface area contributed by atoms with Crippen LogP contribution in [0.1, 0.15) is 33.0 Å². The summed E-state index contributed by atoms with van der Waals surface area (Å²) in [5, 5.41) is 6.50. The van der Waals surface area contributed by atoms with Gasteiger partial charge in [-0.3, -0.25) is 4.79 Å². The molecule has 2 aliphatic rings. The van der Waals surface area contributed by atoms with E-state index in [0.717, 1.165) is 43.8 Å². The number of amides is 1. The van der Waals surface area contributed by atoms with E-state index >= 15 is 0 Å². The Morgan fingerprint density at radius 2 is 2.26 bits per heavy atom. The molecule has 0 atom stereocenters. The van der Waals surface area contributed by atoms with Crippen molar-refractivity contribution in [3.63, 3.8) is 0 Å². The van der Waals surface area contributed by atoms with E-state index in [1.165, 1.54) is 10.4 Å². The van der Waals surface area contributed by atoms with Gasteiger partial charge in [0.05, 0.1) is 24.7 Å². The molecule has 0 saturated carbocycles. The molecule has 1 aromatic heterocycles. The van der Waals surface area contributed by atoms with Crippen LogP contribution >= 0.6 is 23.7 Å². The molecule has 3 heterocycles. The van der Waals surface area contributed by atoms with Gasteiger partial charge < -0.3 is 20.1 Å². The average molecular weight is 361 g/mol. The molecule has 0 aromatic carbocycles. The minimum absolute atomic E-state index is 0. The number of carbonyl (C=O) groups excluding carboxylic acids is 1. The molecule has 3 rings (SSSR count). The molecule has 2 N–H and O–H groups in total. The van der Waals surface area contributed by atoms with Gasteiger partial charge in [0.2, 0.25) is 0 Å². The summed E-state index contributed by atoms with van der Waals surface area (Å²) in [6.07, 6.45) is 3.00. The lowest BCUT2D eigenvalue weighted by Gasteiger charge is -2.37. The van der Waals surface area contributed by atoms with Gasteiger partial charge in [0.15, 0.2) is 0 Å². The molecule has 130 valence electrons. The molecule has 2 aliphatic heterocycles. The first kappa shape index (κ1) is 18.7. The van der Waals surface area contributed by atoms with Crippen molar-refractivity contribution in [2.45, 2.75) is 25.9 Å². The largest absolute Gasteiger partial charge is 0.384 e. The van der Waals surface area contributed by atoms with Crippen LogP contribution in [0.3, 0.4) is 0 Å². The van der Waals surface area contributed by atoms with Crippen molar-refractivity contribution in [2.24, 2.45) is 5.41 Å². The van der Waals surface area contributed by atoms with Crippen molar-refractivity contribution in [1.29, 1.82) is 0 Å². The number of ether oxygens (including phenoxy) is 2. The van der Waals surface area contributed by atoms with Gasteiger partial charge in [-0.2, -0.15) is 0 Å². The monoisotopic (exact) mass is 360 g/mol. The highest BCUT2D eigenvalue weighted by Gasteiger charge is 2.32. The molecule has 1 aromatic rings. The molecule has 0 aliphatic carbocycles. The maximum absolute atomic E-state index is 12.5. The van der Waals surface area contributed by atoms with Gasteiger partial charge in [-0.05, 0) is 37.6 Å². The van der Waals surface area contributed by atoms with Gasteiger partial charge in [0.1, 0.15) is 0 Å². The number of rotatable bonds is 5. The molecular formula is C16H25ClN2O3S. The molecule has 23 heavy (non-hydrogen) atoms. The molecule has 1 saturated heterocycles. The fourth-order valence-electron chi connectivity index (χ4n) is 3.25. The zero-order valence-electron chi connectivity index (χ0n) is 13.5. The zero-order chi connectivity index (χ0) is 15.4. The maximum atomic E-state index is 12.5. The Kier molecular flexibility index (Phi) is 6.85. The summed E-state index contributed by atoms with van der Waals surface area (Å²) in [6, 6.07) is 1.99. The molecule has 0 bridgehead atoms. The number of carbonyl (C=O) groups is 1. The van der Waals surface area contributed by atoms with Crippen LogP contribution in [-0.4, -0.2) is 45.9 Å². The third-order valence-electron chi connectivity index (χ3n) is 4.59. The van der Waals surface area contributed by atoms with Crippen LogP contribution in [0.25, 0.3) is 0 Å². The summed E-state index contributed by atoms with van der Waals surface area (Å²) in [5.74, 6) is 0.0356. The van der Waals surface area contributed by atoms with Crippen LogP contribution in [0.4, 0.5) is 0 Å². The topological polar surface area (TPSA) is 59.6 Å². The molecule has 7 heteroatoms. The highest BCUT2D eigenvalue weighted by atomic mass is 35.5. The average Bonchev–Trinajstić information content (AvgIpc) is 2.98. The number of fused-ring (bicyclic) bond motifs is 1. The van der Waals surface area contributed by atoms with E-state index < -0.39 is 0 Å². The number of thiophene rings is 1. The van der Waals surface area contributed by atoms with Crippen molar-refractivity contribution in [3.8, 4) is 0 Å². The Morgan fingerprint density at radius 3 is 2.96 bits per heavy atom. The number of nitrogens with one attached hydrogen (secondary N) is 2. The quantitative estimate of drug-likeness (QED) is 0.843. The normalized spacial score (nSPS) is 19.5. The predicted octanol–water partition coefficient (Wildman–Crippen LogP) is 1.99. The van der Waals surface area contributed by atoms with Crippen LogP contribution < -0.4 is 10.6 Å². The Hall–Kier alpha value is -0.660. The predicted molar refractivity (Wildman–Crippen MR) is 93.7 cm³/mol. The van der Waals surface area contributed by atoms with E-state index in [4.69, 9.17) is 9.47 Å². The number of hydrogen-bond donors (Lipinski definition) is 2. The molecular weight excluding hydrogens is 336 g/mol. The number of halogens is 1. The van der Waals surface area contributed by atoms with Gasteiger partial charge in [0, 0.05) is 30.4 Å². The van der Waals surface area contributed by atoms with E-state index in [-0.39, 0.29) is 23.7 Å². The first-order chi connectivity index (χ1) is 10.7. The third kappa shape index (κ3) is 4.45. The van der Waals surface area contributed by atoms with Gasteiger partial charge in [0.25, 0.3) is 5.91 Å². The Morgan fingerprint density at radius 1 is 1.48 bits per heavy atom. The van der Waals surface area contributed by atoms with Crippen molar-refractivity contribution in [1.82, 2.24) is 10.6 Å². The number of methoxy groups -OCH3 is 1. The van der Waals surface area contributed by atoms with E-state index in [9.17, 15) is 4.79 Å². The van der Waals surface area contributed by atoms with Gasteiger partial charge in [-0.15, -0.1) is 23.7 Å². The van der Waals surface area contributed by atoms with Gasteiger partial charge in [-0.25, -0.2) is 0 Å². The van der Waals surface area contributed by atoms with Crippen LogP contribution in [0.5, 0.6) is 0 Å². The van der Waals surface area contributed by atoms with E-state index in [1.54, 1.807) is 18.4 Å². The minimum atomic E-state index is 0. The number of piperidine rings is 1. The maximum Gasteiger partial charge on any atom is 0.261 e. The summed E-state index contributed by atoms with van der Waals surface area (Å²) in [7, 11) is 1.74. The second-order valence-electron chi connectivity index (χ2n) is 6.23. The minimum Gasteiger partial charge on any atom is -0.384 e. The Balaban J connectivity index is 0.00000192. The lowest BCUT2D eigenvalue weighted by molar-refractivity contribution is 0.0512. The SMILES string of the molecule is COCC1(CNC(=O)c2cc3c(s2)CCOC3)CCNCC1.Cl. The molecule has 0 unspecified atom stereocenters. The zero-order valence-corrected chi connectivity index (χ0v) is 15.1. The second-order valence-corrected chi connectivity index (χ2v) is 7.36. The fourth-order valence-corrected chi connectivity index (χ4v) is 4.32. The van der Waals surface area contributed by atoms with Crippen LogP contribution in [0, 0.1) is 5.41 Å². The summed E-state index contributed by atoms with van der Waals surface area (Å²) in [6.45, 7) is 4.76.